The van der Waals surface area contributed by atoms with Gasteiger partial charge in [-0.15, -0.1) is 0 Å². The van der Waals surface area contributed by atoms with Crippen LogP contribution < -0.4 is 20.9 Å². The van der Waals surface area contributed by atoms with E-state index in [9.17, 15) is 23.1 Å². The Morgan fingerprint density at radius 3 is 2.31 bits per heavy atom. The highest BCUT2D eigenvalue weighted by Crippen LogP contribution is 2.38. The third-order valence-corrected chi connectivity index (χ3v) is 11.5. The zero-order chi connectivity index (χ0) is 35.0. The van der Waals surface area contributed by atoms with Crippen LogP contribution in [0.1, 0.15) is 72.2 Å². The van der Waals surface area contributed by atoms with Crippen LogP contribution in [0.2, 0.25) is 0 Å². The molecule has 1 heterocycles. The molecule has 1 aliphatic carbocycles. The van der Waals surface area contributed by atoms with Gasteiger partial charge in [-0.1, -0.05) is 92.1 Å². The maximum absolute atomic E-state index is 13.7. The average Bonchev–Trinajstić information content (AvgIpc) is 3.13. The van der Waals surface area contributed by atoms with Crippen LogP contribution in [0.4, 0.5) is 0 Å². The van der Waals surface area contributed by atoms with Crippen molar-refractivity contribution in [2.24, 2.45) is 0 Å². The summed E-state index contributed by atoms with van der Waals surface area (Å²) in [5.41, 5.74) is 1.45. The van der Waals surface area contributed by atoms with Gasteiger partial charge in [0.25, 0.3) is 5.91 Å². The molecular weight excluding hydrogens is 641 g/mol. The van der Waals surface area contributed by atoms with Crippen LogP contribution in [0.25, 0.3) is 0 Å². The predicted octanol–water partition coefficient (Wildman–Crippen LogP) is 4.92. The van der Waals surface area contributed by atoms with Gasteiger partial charge in [0.1, 0.15) is 11.4 Å². The number of carbonyl (C=O) groups is 1. The molecule has 0 spiro atoms. The summed E-state index contributed by atoms with van der Waals surface area (Å²) in [6.07, 6.45) is 4.28. The summed E-state index contributed by atoms with van der Waals surface area (Å²) in [4.78, 5) is 28.7. The smallest absolute Gasteiger partial charge is 0.268 e. The minimum atomic E-state index is -4.15. The first-order valence-electron chi connectivity index (χ1n) is 16.7. The minimum absolute atomic E-state index is 0.183. The molecule has 0 radical (unpaired) electrons. The lowest BCUT2D eigenvalue weighted by Crippen LogP contribution is -2.53. The van der Waals surface area contributed by atoms with E-state index in [1.54, 1.807) is 14.0 Å². The first kappa shape index (κ1) is 36.0. The zero-order valence-corrected chi connectivity index (χ0v) is 29.1. The fourth-order valence-corrected chi connectivity index (χ4v) is 7.98. The van der Waals surface area contributed by atoms with Crippen LogP contribution in [-0.2, 0) is 22.0 Å². The van der Waals surface area contributed by atoms with Gasteiger partial charge >= 0.3 is 0 Å². The van der Waals surface area contributed by atoms with E-state index in [2.05, 4.69) is 21.7 Å². The number of aliphatic hydroxyl groups is 1. The Morgan fingerprint density at radius 2 is 1.63 bits per heavy atom. The Balaban J connectivity index is 1.38. The quantitative estimate of drug-likeness (QED) is 0.148. The summed E-state index contributed by atoms with van der Waals surface area (Å²) in [6.45, 7) is 1.94. The van der Waals surface area contributed by atoms with E-state index in [1.165, 1.54) is 17.4 Å². The van der Waals surface area contributed by atoms with E-state index in [4.69, 9.17) is 4.74 Å². The van der Waals surface area contributed by atoms with Gasteiger partial charge in [-0.25, -0.2) is 8.42 Å². The lowest BCUT2D eigenvalue weighted by Gasteiger charge is -2.40. The van der Waals surface area contributed by atoms with Crippen molar-refractivity contribution in [3.63, 3.8) is 0 Å². The Bertz CT molecular complexity index is 1860. The molecule has 11 heteroatoms. The van der Waals surface area contributed by atoms with Crippen LogP contribution in [0.5, 0.6) is 5.75 Å². The number of H-pyrrole nitrogens is 1. The number of benzene rings is 3. The van der Waals surface area contributed by atoms with E-state index < -0.39 is 39.7 Å². The lowest BCUT2D eigenvalue weighted by molar-refractivity contribution is 0.0784. The average molecular weight is 687 g/mol. The number of amides is 1. The monoisotopic (exact) mass is 686 g/mol. The molecule has 0 bridgehead atoms. The second-order valence-electron chi connectivity index (χ2n) is 12.8. The lowest BCUT2D eigenvalue weighted by atomic mass is 9.76. The number of nitrogens with zero attached hydrogens (tertiary/aromatic N) is 1. The summed E-state index contributed by atoms with van der Waals surface area (Å²) in [5.74, 6) is 0.0611. The molecule has 1 saturated carbocycles. The maximum Gasteiger partial charge on any atom is 0.268 e. The molecule has 0 saturated heterocycles. The molecule has 4 aromatic rings. The Hall–Kier alpha value is -4.29. The van der Waals surface area contributed by atoms with Crippen molar-refractivity contribution in [1.29, 1.82) is 0 Å². The number of ether oxygens (including phenoxy) is 1. The van der Waals surface area contributed by atoms with E-state index in [0.717, 1.165) is 60.6 Å². The van der Waals surface area contributed by atoms with E-state index in [-0.39, 0.29) is 22.7 Å². The molecule has 10 nitrogen and oxygen atoms in total. The molecule has 5 rings (SSSR count). The second kappa shape index (κ2) is 15.9. The fourth-order valence-electron chi connectivity index (χ4n) is 6.59. The van der Waals surface area contributed by atoms with Crippen LogP contribution in [0.15, 0.2) is 107 Å². The van der Waals surface area contributed by atoms with Gasteiger partial charge in [0.05, 0.1) is 24.2 Å². The Morgan fingerprint density at radius 1 is 0.959 bits per heavy atom. The van der Waals surface area contributed by atoms with Crippen LogP contribution >= 0.6 is 0 Å². The third-order valence-electron chi connectivity index (χ3n) is 9.63. The zero-order valence-electron chi connectivity index (χ0n) is 28.3. The SMILES string of the molecule is COc1cccc(C2(NC[C@@H](O)[C@H](Cc3ccccc3)NC(=O)c3cc(S(=O)(=O)N(C)[C@H](C)c4ccccc4)cc(=O)[nH]3)CCCCC2)c1. The largest absolute Gasteiger partial charge is 0.497 e. The number of aromatic nitrogens is 1. The topological polar surface area (TPSA) is 141 Å². The first-order valence-corrected chi connectivity index (χ1v) is 18.2. The molecule has 0 aliphatic heterocycles. The van der Waals surface area contributed by atoms with E-state index in [0.29, 0.717) is 6.42 Å². The summed E-state index contributed by atoms with van der Waals surface area (Å²) >= 11 is 0. The maximum atomic E-state index is 13.7. The van der Waals surface area contributed by atoms with Gasteiger partial charge in [0.15, 0.2) is 0 Å². The van der Waals surface area contributed by atoms with Gasteiger partial charge in [0.2, 0.25) is 15.6 Å². The first-order chi connectivity index (χ1) is 23.5. The van der Waals surface area contributed by atoms with Crippen molar-refractivity contribution in [2.75, 3.05) is 20.7 Å². The summed E-state index contributed by atoms with van der Waals surface area (Å²) in [6, 6.07) is 27.5. The molecule has 3 aromatic carbocycles. The Kier molecular flexibility index (Phi) is 11.7. The molecule has 1 aromatic heterocycles. The molecule has 4 N–H and O–H groups in total. The number of rotatable bonds is 14. The van der Waals surface area contributed by atoms with Gasteiger partial charge in [-0.2, -0.15) is 4.31 Å². The number of aliphatic hydroxyl groups excluding tert-OH is 1. The molecule has 0 unspecified atom stereocenters. The molecule has 260 valence electrons. The molecule has 3 atom stereocenters. The number of sulfonamides is 1. The third kappa shape index (κ3) is 8.66. The van der Waals surface area contributed by atoms with Gasteiger partial charge in [-0.05, 0) is 61.1 Å². The highest BCUT2D eigenvalue weighted by atomic mass is 32.2. The van der Waals surface area contributed by atoms with E-state index >= 15 is 0 Å². The molecule has 1 fully saturated rings. The van der Waals surface area contributed by atoms with Crippen LogP contribution in [-0.4, -0.2) is 61.6 Å². The highest BCUT2D eigenvalue weighted by Gasteiger charge is 2.35. The molecule has 1 aliphatic rings. The van der Waals surface area contributed by atoms with Crippen LogP contribution in [0, 0.1) is 0 Å². The summed E-state index contributed by atoms with van der Waals surface area (Å²) < 4.78 is 34.0. The Labute approximate surface area is 288 Å². The minimum Gasteiger partial charge on any atom is -0.497 e. The predicted molar refractivity (Wildman–Crippen MR) is 190 cm³/mol. The second-order valence-corrected chi connectivity index (χ2v) is 14.8. The van der Waals surface area contributed by atoms with Crippen molar-refractivity contribution in [3.05, 3.63) is 130 Å². The number of aromatic amines is 1. The number of pyridine rings is 1. The van der Waals surface area contributed by atoms with Crippen LogP contribution in [0.3, 0.4) is 0 Å². The van der Waals surface area contributed by atoms with Crippen molar-refractivity contribution < 1.29 is 23.1 Å². The molecule has 1 amide bonds. The number of methoxy groups -OCH3 is 1. The molecular formula is C38H46N4O6S. The molecule has 49 heavy (non-hydrogen) atoms. The fraction of sp³-hybridized carbons (Fsp3) is 0.368. The van der Waals surface area contributed by atoms with Gasteiger partial charge in [0, 0.05) is 31.2 Å². The standard InChI is InChI=1S/C38H46N4O6S/c1-27(29-16-9-5-10-17-29)42(2)49(46,47)32-24-34(40-36(44)25-32)37(45)41-33(22-28-14-7-4-8-15-28)35(43)26-39-38(20-11-6-12-21-38)30-18-13-19-31(23-30)48-3/h4-5,7-10,13-19,23-25,27,33,35,39,43H,6,11-12,20-22,26H2,1-3H3,(H,40,44)(H,41,45)/t27-,33+,35-/m1/s1. The van der Waals surface area contributed by atoms with Crippen molar-refractivity contribution >= 4 is 15.9 Å². The number of carbonyl (C=O) groups excluding carboxylic acids is 1. The van der Waals surface area contributed by atoms with Crippen molar-refractivity contribution in [2.45, 2.75) is 74.1 Å². The number of hydrogen-bond donors (Lipinski definition) is 4. The normalized spacial score (nSPS) is 16.4. The summed E-state index contributed by atoms with van der Waals surface area (Å²) in [5, 5.41) is 18.2. The summed E-state index contributed by atoms with van der Waals surface area (Å²) in [7, 11) is -1.07. The van der Waals surface area contributed by atoms with Gasteiger partial charge < -0.3 is 25.5 Å². The number of nitrogens with one attached hydrogen (secondary N) is 3. The van der Waals surface area contributed by atoms with Crippen molar-refractivity contribution in [1.82, 2.24) is 19.9 Å². The van der Waals surface area contributed by atoms with E-state index in [1.807, 2.05) is 78.9 Å². The van der Waals surface area contributed by atoms with Gasteiger partial charge in [-0.3, -0.25) is 9.59 Å². The number of hydrogen-bond acceptors (Lipinski definition) is 7. The highest BCUT2D eigenvalue weighted by molar-refractivity contribution is 7.89. The van der Waals surface area contributed by atoms with Crippen molar-refractivity contribution in [3.8, 4) is 5.75 Å².